The van der Waals surface area contributed by atoms with E-state index < -0.39 is 5.97 Å². The van der Waals surface area contributed by atoms with E-state index in [0.717, 1.165) is 16.7 Å². The summed E-state index contributed by atoms with van der Waals surface area (Å²) in [5.41, 5.74) is 9.56. The number of esters is 1. The predicted molar refractivity (Wildman–Crippen MR) is 77.4 cm³/mol. The van der Waals surface area contributed by atoms with E-state index in [1.807, 2.05) is 25.1 Å². The van der Waals surface area contributed by atoms with Gasteiger partial charge in [-0.2, -0.15) is 0 Å². The third kappa shape index (κ3) is 2.56. The highest BCUT2D eigenvalue weighted by molar-refractivity contribution is 6.34. The number of methoxy groups -OCH3 is 1. The molecule has 19 heavy (non-hydrogen) atoms. The summed E-state index contributed by atoms with van der Waals surface area (Å²) in [5, 5.41) is 0.667. The lowest BCUT2D eigenvalue weighted by atomic mass is 10.00. The van der Waals surface area contributed by atoms with Gasteiger partial charge in [0.05, 0.1) is 17.7 Å². The molecule has 0 aromatic heterocycles. The van der Waals surface area contributed by atoms with Gasteiger partial charge in [-0.1, -0.05) is 35.9 Å². The Bertz CT molecular complexity index is 638. The van der Waals surface area contributed by atoms with Crippen LogP contribution in [0.2, 0.25) is 5.02 Å². The Balaban J connectivity index is 2.52. The molecule has 0 unspecified atom stereocenters. The summed E-state index contributed by atoms with van der Waals surface area (Å²) < 4.78 is 4.66. The van der Waals surface area contributed by atoms with Crippen LogP contribution < -0.4 is 5.73 Å². The molecule has 0 fully saturated rings. The lowest BCUT2D eigenvalue weighted by Crippen LogP contribution is -2.02. The number of aryl methyl sites for hydroxylation is 1. The van der Waals surface area contributed by atoms with Gasteiger partial charge in [-0.25, -0.2) is 4.79 Å². The maximum Gasteiger partial charge on any atom is 0.337 e. The van der Waals surface area contributed by atoms with Crippen LogP contribution in [0.15, 0.2) is 36.4 Å². The monoisotopic (exact) mass is 275 g/mol. The van der Waals surface area contributed by atoms with Crippen molar-refractivity contribution in [2.75, 3.05) is 12.8 Å². The van der Waals surface area contributed by atoms with Crippen molar-refractivity contribution in [2.45, 2.75) is 6.92 Å². The van der Waals surface area contributed by atoms with Crippen molar-refractivity contribution in [3.05, 3.63) is 52.5 Å². The van der Waals surface area contributed by atoms with E-state index in [2.05, 4.69) is 4.74 Å². The van der Waals surface area contributed by atoms with E-state index in [1.54, 1.807) is 18.2 Å². The van der Waals surface area contributed by atoms with Crippen molar-refractivity contribution < 1.29 is 9.53 Å². The lowest BCUT2D eigenvalue weighted by Gasteiger charge is -2.10. The first-order valence-electron chi connectivity index (χ1n) is 5.78. The second-order valence-corrected chi connectivity index (χ2v) is 4.61. The summed E-state index contributed by atoms with van der Waals surface area (Å²) in [4.78, 5) is 11.4. The number of rotatable bonds is 2. The quantitative estimate of drug-likeness (QED) is 0.672. The van der Waals surface area contributed by atoms with Crippen LogP contribution in [0, 0.1) is 6.92 Å². The molecule has 0 saturated carbocycles. The molecule has 98 valence electrons. The van der Waals surface area contributed by atoms with Gasteiger partial charge in [-0.05, 0) is 24.6 Å². The Hall–Kier alpha value is -2.00. The van der Waals surface area contributed by atoms with Crippen molar-refractivity contribution in [1.82, 2.24) is 0 Å². The first kappa shape index (κ1) is 13.4. The summed E-state index contributed by atoms with van der Waals surface area (Å²) in [5.74, 6) is -0.409. The number of anilines is 1. The molecular weight excluding hydrogens is 262 g/mol. The SMILES string of the molecule is COC(=O)c1ccc(-c2cccc(C)c2Cl)c(N)c1. The standard InChI is InChI=1S/C15H14ClNO2/c1-9-4-3-5-12(14(9)16)11-7-6-10(8-13(11)17)15(18)19-2/h3-8H,17H2,1-2H3. The minimum Gasteiger partial charge on any atom is -0.465 e. The zero-order valence-electron chi connectivity index (χ0n) is 10.7. The number of nitrogen functional groups attached to an aromatic ring is 1. The molecule has 2 aromatic rings. The van der Waals surface area contributed by atoms with Crippen molar-refractivity contribution >= 4 is 23.3 Å². The number of carbonyl (C=O) groups is 1. The van der Waals surface area contributed by atoms with Crippen LogP contribution in [0.25, 0.3) is 11.1 Å². The topological polar surface area (TPSA) is 52.3 Å². The Kier molecular flexibility index (Phi) is 3.76. The maximum atomic E-state index is 11.4. The first-order valence-corrected chi connectivity index (χ1v) is 6.15. The molecule has 0 radical (unpaired) electrons. The lowest BCUT2D eigenvalue weighted by molar-refractivity contribution is 0.0601. The molecule has 2 aromatic carbocycles. The highest BCUT2D eigenvalue weighted by Crippen LogP contribution is 2.34. The van der Waals surface area contributed by atoms with E-state index in [1.165, 1.54) is 7.11 Å². The molecule has 0 aliphatic heterocycles. The zero-order valence-corrected chi connectivity index (χ0v) is 11.5. The van der Waals surface area contributed by atoms with Crippen LogP contribution >= 0.6 is 11.6 Å². The van der Waals surface area contributed by atoms with Crippen molar-refractivity contribution in [1.29, 1.82) is 0 Å². The molecule has 3 nitrogen and oxygen atoms in total. The van der Waals surface area contributed by atoms with Gasteiger partial charge in [-0.15, -0.1) is 0 Å². The van der Waals surface area contributed by atoms with Crippen molar-refractivity contribution in [3.8, 4) is 11.1 Å². The largest absolute Gasteiger partial charge is 0.465 e. The van der Waals surface area contributed by atoms with Gasteiger partial charge in [0, 0.05) is 16.8 Å². The Morgan fingerprint density at radius 2 is 1.95 bits per heavy atom. The van der Waals surface area contributed by atoms with Gasteiger partial charge in [0.1, 0.15) is 0 Å². The molecule has 0 spiro atoms. The Morgan fingerprint density at radius 3 is 2.58 bits per heavy atom. The Morgan fingerprint density at radius 1 is 1.21 bits per heavy atom. The summed E-state index contributed by atoms with van der Waals surface area (Å²) >= 11 is 6.28. The van der Waals surface area contributed by atoms with E-state index in [9.17, 15) is 4.79 Å². The zero-order chi connectivity index (χ0) is 14.0. The normalized spacial score (nSPS) is 10.3. The van der Waals surface area contributed by atoms with Gasteiger partial charge in [0.2, 0.25) is 0 Å². The van der Waals surface area contributed by atoms with Crippen LogP contribution in [0.4, 0.5) is 5.69 Å². The van der Waals surface area contributed by atoms with Gasteiger partial charge in [0.15, 0.2) is 0 Å². The molecule has 0 bridgehead atoms. The molecule has 2 rings (SSSR count). The molecule has 4 heteroatoms. The van der Waals surface area contributed by atoms with Crippen LogP contribution in [0.5, 0.6) is 0 Å². The molecule has 0 heterocycles. The Labute approximate surface area is 117 Å². The maximum absolute atomic E-state index is 11.4. The van der Waals surface area contributed by atoms with E-state index >= 15 is 0 Å². The average molecular weight is 276 g/mol. The molecule has 0 amide bonds. The van der Waals surface area contributed by atoms with Crippen LogP contribution in [0.3, 0.4) is 0 Å². The summed E-state index contributed by atoms with van der Waals surface area (Å²) in [6, 6.07) is 10.8. The molecule has 0 atom stereocenters. The van der Waals surface area contributed by atoms with E-state index in [4.69, 9.17) is 17.3 Å². The molecule has 0 saturated heterocycles. The smallest absolute Gasteiger partial charge is 0.337 e. The summed E-state index contributed by atoms with van der Waals surface area (Å²) in [6.07, 6.45) is 0. The molecule has 0 aliphatic carbocycles. The number of nitrogens with two attached hydrogens (primary N) is 1. The second-order valence-electron chi connectivity index (χ2n) is 4.23. The first-order chi connectivity index (χ1) is 9.04. The average Bonchev–Trinajstić information content (AvgIpc) is 2.41. The summed E-state index contributed by atoms with van der Waals surface area (Å²) in [6.45, 7) is 1.94. The highest BCUT2D eigenvalue weighted by Gasteiger charge is 2.12. The number of benzene rings is 2. The number of hydrogen-bond acceptors (Lipinski definition) is 3. The second kappa shape index (κ2) is 5.33. The van der Waals surface area contributed by atoms with Gasteiger partial charge in [0.25, 0.3) is 0 Å². The molecular formula is C15H14ClNO2. The molecule has 0 aliphatic rings. The fourth-order valence-corrected chi connectivity index (χ4v) is 2.14. The molecule has 2 N–H and O–H groups in total. The highest BCUT2D eigenvalue weighted by atomic mass is 35.5. The number of halogens is 1. The number of ether oxygens (including phenoxy) is 1. The fraction of sp³-hybridized carbons (Fsp3) is 0.133. The third-order valence-electron chi connectivity index (χ3n) is 2.95. The minimum atomic E-state index is -0.409. The van der Waals surface area contributed by atoms with Gasteiger partial charge < -0.3 is 10.5 Å². The van der Waals surface area contributed by atoms with Crippen molar-refractivity contribution in [2.24, 2.45) is 0 Å². The summed E-state index contributed by atoms with van der Waals surface area (Å²) in [7, 11) is 1.34. The number of hydrogen-bond donors (Lipinski definition) is 1. The van der Waals surface area contributed by atoms with E-state index in [-0.39, 0.29) is 0 Å². The third-order valence-corrected chi connectivity index (χ3v) is 3.46. The van der Waals surface area contributed by atoms with Crippen molar-refractivity contribution in [3.63, 3.8) is 0 Å². The number of carbonyl (C=O) groups excluding carboxylic acids is 1. The van der Waals surface area contributed by atoms with Crippen LogP contribution in [0.1, 0.15) is 15.9 Å². The predicted octanol–water partition coefficient (Wildman–Crippen LogP) is 3.68. The minimum absolute atomic E-state index is 0.409. The van der Waals surface area contributed by atoms with Crippen LogP contribution in [-0.2, 0) is 4.74 Å². The van der Waals surface area contributed by atoms with Gasteiger partial charge in [-0.3, -0.25) is 0 Å². The van der Waals surface area contributed by atoms with Gasteiger partial charge >= 0.3 is 5.97 Å². The van der Waals surface area contributed by atoms with Crippen LogP contribution in [-0.4, -0.2) is 13.1 Å². The fourth-order valence-electron chi connectivity index (χ4n) is 1.91. The van der Waals surface area contributed by atoms with E-state index in [0.29, 0.717) is 16.3 Å².